The van der Waals surface area contributed by atoms with Crippen molar-refractivity contribution < 1.29 is 19.4 Å². The topological polar surface area (TPSA) is 92.6 Å². The van der Waals surface area contributed by atoms with Crippen LogP contribution in [0.4, 0.5) is 0 Å². The van der Waals surface area contributed by atoms with Crippen LogP contribution in [0.1, 0.15) is 36.1 Å². The normalized spacial score (nSPS) is 17.5. The first-order valence-electron chi connectivity index (χ1n) is 10.4. The van der Waals surface area contributed by atoms with Gasteiger partial charge in [0.2, 0.25) is 0 Å². The van der Waals surface area contributed by atoms with Crippen LogP contribution in [0.15, 0.2) is 78.9 Å². The van der Waals surface area contributed by atoms with E-state index >= 15 is 0 Å². The van der Waals surface area contributed by atoms with Gasteiger partial charge in [0, 0.05) is 36.9 Å². The molecule has 0 saturated carbocycles. The summed E-state index contributed by atoms with van der Waals surface area (Å²) in [5.41, 5.74) is 1.92. The van der Waals surface area contributed by atoms with Crippen molar-refractivity contribution in [1.82, 2.24) is 14.9 Å². The van der Waals surface area contributed by atoms with Crippen LogP contribution in [-0.2, 0) is 16.1 Å². The summed E-state index contributed by atoms with van der Waals surface area (Å²) in [6.07, 6.45) is 7.33. The number of Topliss-reactive ketones (excluding diaryl/α,β-unsaturated/α-hetero) is 1. The Bertz CT molecular complexity index is 1150. The molecule has 0 aliphatic carbocycles. The summed E-state index contributed by atoms with van der Waals surface area (Å²) in [7, 11) is 0. The highest BCUT2D eigenvalue weighted by atomic mass is 16.5. The number of aliphatic hydroxyl groups is 1. The first kappa shape index (κ1) is 21.2. The predicted molar refractivity (Wildman–Crippen MR) is 119 cm³/mol. The number of ketones is 1. The summed E-state index contributed by atoms with van der Waals surface area (Å²) in [4.78, 5) is 35.7. The van der Waals surface area contributed by atoms with E-state index in [4.69, 9.17) is 4.74 Å². The number of pyridine rings is 2. The zero-order chi connectivity index (χ0) is 22.5. The van der Waals surface area contributed by atoms with Crippen molar-refractivity contribution in [1.29, 1.82) is 0 Å². The molecule has 1 aliphatic rings. The third kappa shape index (κ3) is 4.23. The van der Waals surface area contributed by atoms with Gasteiger partial charge in [-0.1, -0.05) is 25.1 Å². The van der Waals surface area contributed by atoms with E-state index in [1.165, 1.54) is 4.90 Å². The predicted octanol–water partition coefficient (Wildman–Crippen LogP) is 3.89. The lowest BCUT2D eigenvalue weighted by Crippen LogP contribution is -2.29. The first-order chi connectivity index (χ1) is 15.6. The van der Waals surface area contributed by atoms with Gasteiger partial charge in [0.1, 0.15) is 11.5 Å². The molecule has 7 heteroatoms. The molecule has 1 atom stereocenters. The molecule has 1 amide bonds. The Labute approximate surface area is 186 Å². The summed E-state index contributed by atoms with van der Waals surface area (Å²) in [6, 6.07) is 13.2. The lowest BCUT2D eigenvalue weighted by Gasteiger charge is -2.25. The van der Waals surface area contributed by atoms with E-state index in [1.54, 1.807) is 67.3 Å². The Morgan fingerprint density at radius 3 is 2.59 bits per heavy atom. The zero-order valence-corrected chi connectivity index (χ0v) is 17.6. The molecule has 0 bridgehead atoms. The molecule has 3 heterocycles. The van der Waals surface area contributed by atoms with E-state index in [9.17, 15) is 14.7 Å². The molecule has 1 aliphatic heterocycles. The Hall–Kier alpha value is -4.00. The SMILES string of the molecule is CCCOc1cccc(C(O)=C2C(=O)C(=O)N(Cc3cccnc3)[C@H]2c2ccncc2)c1. The van der Waals surface area contributed by atoms with Crippen LogP contribution in [0.5, 0.6) is 5.75 Å². The van der Waals surface area contributed by atoms with Gasteiger partial charge in [0.25, 0.3) is 11.7 Å². The molecule has 1 aromatic carbocycles. The standard InChI is InChI=1S/C25H23N3O4/c1-2-13-32-20-7-3-6-19(14-20)23(29)21-22(18-8-11-26-12-9-18)28(25(31)24(21)30)16-17-5-4-10-27-15-17/h3-12,14-15,22,29H,2,13,16H2,1H3/t22-/m0/s1. The molecule has 32 heavy (non-hydrogen) atoms. The van der Waals surface area contributed by atoms with Crippen LogP contribution in [0, 0.1) is 0 Å². The highest BCUT2D eigenvalue weighted by Crippen LogP contribution is 2.40. The fourth-order valence-corrected chi connectivity index (χ4v) is 3.73. The molecule has 0 radical (unpaired) electrons. The van der Waals surface area contributed by atoms with Gasteiger partial charge in [-0.05, 0) is 47.9 Å². The van der Waals surface area contributed by atoms with Crippen molar-refractivity contribution in [2.24, 2.45) is 0 Å². The molecule has 0 spiro atoms. The average Bonchev–Trinajstić information content (AvgIpc) is 3.08. The fourth-order valence-electron chi connectivity index (χ4n) is 3.73. The van der Waals surface area contributed by atoms with Gasteiger partial charge in [-0.2, -0.15) is 0 Å². The van der Waals surface area contributed by atoms with Crippen molar-refractivity contribution in [3.63, 3.8) is 0 Å². The number of carbonyl (C=O) groups is 2. The van der Waals surface area contributed by atoms with Crippen molar-refractivity contribution in [2.75, 3.05) is 6.61 Å². The van der Waals surface area contributed by atoms with Crippen LogP contribution < -0.4 is 4.74 Å². The fraction of sp³-hybridized carbons (Fsp3) is 0.200. The number of amides is 1. The number of aromatic nitrogens is 2. The number of ether oxygens (including phenoxy) is 1. The molecule has 1 N–H and O–H groups in total. The third-order valence-corrected chi connectivity index (χ3v) is 5.22. The lowest BCUT2D eigenvalue weighted by molar-refractivity contribution is -0.140. The molecule has 3 aromatic rings. The van der Waals surface area contributed by atoms with Gasteiger partial charge < -0.3 is 14.7 Å². The number of hydrogen-bond donors (Lipinski definition) is 1. The Kier molecular flexibility index (Phi) is 6.26. The maximum Gasteiger partial charge on any atom is 0.295 e. The smallest absolute Gasteiger partial charge is 0.295 e. The van der Waals surface area contributed by atoms with Gasteiger partial charge in [-0.15, -0.1) is 0 Å². The van der Waals surface area contributed by atoms with Crippen LogP contribution in [0.3, 0.4) is 0 Å². The lowest BCUT2D eigenvalue weighted by atomic mass is 9.96. The number of nitrogens with zero attached hydrogens (tertiary/aromatic N) is 3. The molecule has 4 rings (SSSR count). The van der Waals surface area contributed by atoms with Gasteiger partial charge >= 0.3 is 0 Å². The van der Waals surface area contributed by atoms with Crippen LogP contribution in [-0.4, -0.2) is 38.3 Å². The van der Waals surface area contributed by atoms with E-state index in [0.29, 0.717) is 23.5 Å². The summed E-state index contributed by atoms with van der Waals surface area (Å²) >= 11 is 0. The summed E-state index contributed by atoms with van der Waals surface area (Å²) in [6.45, 7) is 2.72. The van der Waals surface area contributed by atoms with E-state index in [2.05, 4.69) is 9.97 Å². The van der Waals surface area contributed by atoms with E-state index in [0.717, 1.165) is 12.0 Å². The van der Waals surface area contributed by atoms with Crippen LogP contribution in [0.25, 0.3) is 5.76 Å². The molecule has 2 aromatic heterocycles. The monoisotopic (exact) mass is 429 g/mol. The molecule has 7 nitrogen and oxygen atoms in total. The molecule has 1 saturated heterocycles. The number of rotatable bonds is 7. The molecule has 1 fully saturated rings. The van der Waals surface area contributed by atoms with Crippen molar-refractivity contribution in [3.05, 3.63) is 95.6 Å². The highest BCUT2D eigenvalue weighted by Gasteiger charge is 2.46. The zero-order valence-electron chi connectivity index (χ0n) is 17.6. The largest absolute Gasteiger partial charge is 0.507 e. The third-order valence-electron chi connectivity index (χ3n) is 5.22. The molecule has 0 unspecified atom stereocenters. The van der Waals surface area contributed by atoms with Crippen molar-refractivity contribution >= 4 is 17.4 Å². The minimum absolute atomic E-state index is 0.0396. The molecule has 162 valence electrons. The van der Waals surface area contributed by atoms with Crippen molar-refractivity contribution in [3.8, 4) is 5.75 Å². The maximum absolute atomic E-state index is 13.1. The Balaban J connectivity index is 1.80. The quantitative estimate of drug-likeness (QED) is 0.348. The van der Waals surface area contributed by atoms with Gasteiger partial charge in [0.15, 0.2) is 0 Å². The number of hydrogen-bond acceptors (Lipinski definition) is 6. The minimum Gasteiger partial charge on any atom is -0.507 e. The second-order valence-electron chi connectivity index (χ2n) is 7.45. The highest BCUT2D eigenvalue weighted by molar-refractivity contribution is 6.46. The average molecular weight is 429 g/mol. The first-order valence-corrected chi connectivity index (χ1v) is 10.4. The molecular formula is C25H23N3O4. The Morgan fingerprint density at radius 1 is 1.06 bits per heavy atom. The number of carbonyl (C=O) groups excluding carboxylic acids is 2. The van der Waals surface area contributed by atoms with E-state index < -0.39 is 17.7 Å². The number of likely N-dealkylation sites (tertiary alicyclic amines) is 1. The van der Waals surface area contributed by atoms with Gasteiger partial charge in [-0.3, -0.25) is 19.6 Å². The Morgan fingerprint density at radius 2 is 1.88 bits per heavy atom. The summed E-state index contributed by atoms with van der Waals surface area (Å²) < 4.78 is 5.66. The van der Waals surface area contributed by atoms with Crippen LogP contribution in [0.2, 0.25) is 0 Å². The summed E-state index contributed by atoms with van der Waals surface area (Å²) in [5.74, 6) is -1.05. The second kappa shape index (κ2) is 9.43. The molecular weight excluding hydrogens is 406 g/mol. The minimum atomic E-state index is -0.751. The summed E-state index contributed by atoms with van der Waals surface area (Å²) in [5, 5.41) is 11.2. The number of benzene rings is 1. The van der Waals surface area contributed by atoms with Gasteiger partial charge in [-0.25, -0.2) is 0 Å². The van der Waals surface area contributed by atoms with Crippen molar-refractivity contribution in [2.45, 2.75) is 25.9 Å². The van der Waals surface area contributed by atoms with Gasteiger partial charge in [0.05, 0.1) is 18.2 Å². The maximum atomic E-state index is 13.1. The van der Waals surface area contributed by atoms with E-state index in [1.807, 2.05) is 13.0 Å². The van der Waals surface area contributed by atoms with Crippen LogP contribution >= 0.6 is 0 Å². The van der Waals surface area contributed by atoms with E-state index in [-0.39, 0.29) is 17.9 Å². The number of aliphatic hydroxyl groups excluding tert-OH is 1. The second-order valence-corrected chi connectivity index (χ2v) is 7.45.